The van der Waals surface area contributed by atoms with Crippen LogP contribution in [0, 0.1) is 0 Å². The van der Waals surface area contributed by atoms with E-state index in [-0.39, 0.29) is 10.7 Å². The molecule has 0 spiro atoms. The normalized spacial score (nSPS) is 10.2. The second-order valence-electron chi connectivity index (χ2n) is 2.96. The van der Waals surface area contributed by atoms with Gasteiger partial charge in [-0.1, -0.05) is 12.2 Å². The lowest BCUT2D eigenvalue weighted by molar-refractivity contribution is 0.0818. The van der Waals surface area contributed by atoms with Crippen LogP contribution in [0.4, 0.5) is 8.78 Å². The lowest BCUT2D eigenvalue weighted by Gasteiger charge is -2.09. The summed E-state index contributed by atoms with van der Waals surface area (Å²) in [6.45, 7) is -0.677. The summed E-state index contributed by atoms with van der Waals surface area (Å²) in [6, 6.07) is 4.59. The van der Waals surface area contributed by atoms with Crippen LogP contribution >= 0.6 is 12.2 Å². The molecular weight excluding hydrogens is 236 g/mol. The van der Waals surface area contributed by atoms with Crippen molar-refractivity contribution < 1.29 is 18.3 Å². The van der Waals surface area contributed by atoms with Gasteiger partial charge < -0.3 is 15.2 Å². The van der Waals surface area contributed by atoms with Gasteiger partial charge in [-0.25, -0.2) is 8.78 Å². The van der Waals surface area contributed by atoms with Gasteiger partial charge in [0.05, 0.1) is 7.11 Å². The molecule has 0 amide bonds. The molecule has 6 heteroatoms. The number of hydrogen-bond acceptors (Lipinski definition) is 3. The molecule has 0 atom stereocenters. The summed E-state index contributed by atoms with van der Waals surface area (Å²) >= 11 is 4.78. The molecule has 0 aliphatic carbocycles. The van der Waals surface area contributed by atoms with Gasteiger partial charge in [0.15, 0.2) is 0 Å². The average molecular weight is 247 g/mol. The van der Waals surface area contributed by atoms with Crippen LogP contribution in [0.5, 0.6) is 11.5 Å². The van der Waals surface area contributed by atoms with Crippen LogP contribution in [0.3, 0.4) is 0 Å². The minimum absolute atomic E-state index is 0.154. The maximum Gasteiger partial charge on any atom is 0.272 e. The number of thiocarbonyl (C=S) groups is 1. The number of hydrogen-bond donors (Lipinski definition) is 1. The first-order chi connectivity index (χ1) is 7.52. The predicted octanol–water partition coefficient (Wildman–Crippen LogP) is 1.97. The van der Waals surface area contributed by atoms with Gasteiger partial charge in [-0.05, 0) is 12.1 Å². The van der Waals surface area contributed by atoms with Crippen LogP contribution in [0.2, 0.25) is 0 Å². The fraction of sp³-hybridized carbons (Fsp3) is 0.300. The monoisotopic (exact) mass is 247 g/mol. The molecule has 1 rings (SSSR count). The topological polar surface area (TPSA) is 44.5 Å². The number of methoxy groups -OCH3 is 1. The largest absolute Gasteiger partial charge is 0.497 e. The molecule has 88 valence electrons. The summed E-state index contributed by atoms with van der Waals surface area (Å²) in [5.74, 6) is 0.706. The van der Waals surface area contributed by atoms with Crippen molar-refractivity contribution >= 4 is 17.2 Å². The molecule has 0 aliphatic heterocycles. The predicted molar refractivity (Wildman–Crippen MR) is 60.4 cm³/mol. The third-order valence-electron chi connectivity index (χ3n) is 1.78. The Morgan fingerprint density at radius 2 is 2.00 bits per heavy atom. The van der Waals surface area contributed by atoms with E-state index in [9.17, 15) is 8.78 Å². The highest BCUT2D eigenvalue weighted by Crippen LogP contribution is 2.23. The fourth-order valence-corrected chi connectivity index (χ4v) is 1.19. The van der Waals surface area contributed by atoms with Crippen molar-refractivity contribution in [2.24, 2.45) is 5.73 Å². The van der Waals surface area contributed by atoms with Gasteiger partial charge in [-0.3, -0.25) is 0 Å². The van der Waals surface area contributed by atoms with Crippen LogP contribution in [-0.4, -0.2) is 25.1 Å². The second kappa shape index (κ2) is 5.60. The molecule has 3 nitrogen and oxygen atoms in total. The Bertz CT molecular complexity index is 385. The second-order valence-corrected chi connectivity index (χ2v) is 3.40. The lowest BCUT2D eigenvalue weighted by Crippen LogP contribution is -2.11. The van der Waals surface area contributed by atoms with Crippen LogP contribution in [0.15, 0.2) is 18.2 Å². The Balaban J connectivity index is 2.90. The zero-order valence-corrected chi connectivity index (χ0v) is 9.39. The molecular formula is C10H11F2NO2S. The molecule has 0 saturated heterocycles. The van der Waals surface area contributed by atoms with Gasteiger partial charge in [-0.15, -0.1) is 0 Å². The van der Waals surface area contributed by atoms with Gasteiger partial charge in [0, 0.05) is 11.6 Å². The van der Waals surface area contributed by atoms with Gasteiger partial charge in [-0.2, -0.15) is 0 Å². The minimum Gasteiger partial charge on any atom is -0.497 e. The molecule has 0 bridgehead atoms. The summed E-state index contributed by atoms with van der Waals surface area (Å²) in [6.07, 6.45) is -2.53. The van der Waals surface area contributed by atoms with Crippen molar-refractivity contribution in [1.82, 2.24) is 0 Å². The van der Waals surface area contributed by atoms with Gasteiger partial charge in [0.25, 0.3) is 6.43 Å². The highest BCUT2D eigenvalue weighted by Gasteiger charge is 2.07. The Kier molecular flexibility index (Phi) is 4.42. The van der Waals surface area contributed by atoms with Gasteiger partial charge >= 0.3 is 0 Å². The molecule has 0 radical (unpaired) electrons. The van der Waals surface area contributed by atoms with Crippen LogP contribution < -0.4 is 15.2 Å². The summed E-state index contributed by atoms with van der Waals surface area (Å²) < 4.78 is 33.7. The van der Waals surface area contributed by atoms with E-state index in [1.165, 1.54) is 19.2 Å². The fourth-order valence-electron chi connectivity index (χ4n) is 1.07. The minimum atomic E-state index is -2.53. The Morgan fingerprint density at radius 1 is 1.38 bits per heavy atom. The number of ether oxygens (including phenoxy) is 2. The summed E-state index contributed by atoms with van der Waals surface area (Å²) in [5, 5.41) is 0. The number of rotatable bonds is 5. The molecule has 1 aromatic carbocycles. The zero-order chi connectivity index (χ0) is 12.1. The van der Waals surface area contributed by atoms with Crippen LogP contribution in [0.1, 0.15) is 5.56 Å². The van der Waals surface area contributed by atoms with Crippen molar-refractivity contribution in [3.8, 4) is 11.5 Å². The number of alkyl halides is 2. The highest BCUT2D eigenvalue weighted by atomic mass is 32.1. The quantitative estimate of drug-likeness (QED) is 0.808. The SMILES string of the molecule is COc1cc(OCC(F)F)cc(C(N)=S)c1. The molecule has 0 heterocycles. The van der Waals surface area contributed by atoms with Crippen molar-refractivity contribution in [3.05, 3.63) is 23.8 Å². The summed E-state index contributed by atoms with van der Waals surface area (Å²) in [4.78, 5) is 0.154. The van der Waals surface area contributed by atoms with Crippen LogP contribution in [0.25, 0.3) is 0 Å². The number of benzene rings is 1. The average Bonchev–Trinajstić information content (AvgIpc) is 2.25. The van der Waals surface area contributed by atoms with Crippen molar-refractivity contribution in [2.45, 2.75) is 6.43 Å². The van der Waals surface area contributed by atoms with E-state index in [2.05, 4.69) is 0 Å². The maximum atomic E-state index is 12.0. The molecule has 0 unspecified atom stereocenters. The van der Waals surface area contributed by atoms with E-state index < -0.39 is 13.0 Å². The standard InChI is InChI=1S/C10H11F2NO2S/c1-14-7-2-6(10(13)16)3-8(4-7)15-5-9(11)12/h2-4,9H,5H2,1H3,(H2,13,16). The van der Waals surface area contributed by atoms with E-state index in [4.69, 9.17) is 27.4 Å². The third-order valence-corrected chi connectivity index (χ3v) is 2.01. The van der Waals surface area contributed by atoms with E-state index in [1.807, 2.05) is 0 Å². The van der Waals surface area contributed by atoms with Gasteiger partial charge in [0.2, 0.25) is 0 Å². The summed E-state index contributed by atoms with van der Waals surface area (Å²) in [5.41, 5.74) is 5.95. The van der Waals surface area contributed by atoms with Crippen molar-refractivity contribution in [1.29, 1.82) is 0 Å². The first kappa shape index (κ1) is 12.6. The molecule has 0 fully saturated rings. The highest BCUT2D eigenvalue weighted by molar-refractivity contribution is 7.80. The van der Waals surface area contributed by atoms with E-state index in [0.717, 1.165) is 0 Å². The Labute approximate surface area is 97.1 Å². The zero-order valence-electron chi connectivity index (χ0n) is 8.57. The Morgan fingerprint density at radius 3 is 2.50 bits per heavy atom. The molecule has 0 aliphatic rings. The third kappa shape index (κ3) is 3.62. The van der Waals surface area contributed by atoms with Crippen LogP contribution in [-0.2, 0) is 0 Å². The number of nitrogens with two attached hydrogens (primary N) is 1. The lowest BCUT2D eigenvalue weighted by atomic mass is 10.2. The van der Waals surface area contributed by atoms with Crippen molar-refractivity contribution in [2.75, 3.05) is 13.7 Å². The van der Waals surface area contributed by atoms with Gasteiger partial charge in [0.1, 0.15) is 23.1 Å². The summed E-state index contributed by atoms with van der Waals surface area (Å²) in [7, 11) is 1.45. The molecule has 0 saturated carbocycles. The first-order valence-corrected chi connectivity index (χ1v) is 4.83. The van der Waals surface area contributed by atoms with E-state index >= 15 is 0 Å². The smallest absolute Gasteiger partial charge is 0.272 e. The molecule has 0 aromatic heterocycles. The first-order valence-electron chi connectivity index (χ1n) is 4.42. The maximum absolute atomic E-state index is 12.0. The molecule has 2 N–H and O–H groups in total. The number of halogens is 2. The van der Waals surface area contributed by atoms with Crippen molar-refractivity contribution in [3.63, 3.8) is 0 Å². The molecule has 16 heavy (non-hydrogen) atoms. The van der Waals surface area contributed by atoms with E-state index in [0.29, 0.717) is 11.3 Å². The molecule has 1 aromatic rings. The Hall–Kier alpha value is -1.43. The van der Waals surface area contributed by atoms with E-state index in [1.54, 1.807) is 6.07 Å².